The molecule has 2 atom stereocenters. The van der Waals surface area contributed by atoms with Crippen molar-refractivity contribution in [3.05, 3.63) is 24.3 Å². The number of hydrogen-bond donors (Lipinski definition) is 0. The fourth-order valence-electron chi connectivity index (χ4n) is 1.73. The van der Waals surface area contributed by atoms with Gasteiger partial charge >= 0.3 is 0 Å². The summed E-state index contributed by atoms with van der Waals surface area (Å²) in [5, 5.41) is 0. The van der Waals surface area contributed by atoms with Crippen LogP contribution in [0.2, 0.25) is 0 Å². The van der Waals surface area contributed by atoms with Crippen molar-refractivity contribution in [2.24, 2.45) is 0 Å². The zero-order valence-electron chi connectivity index (χ0n) is 9.51. The summed E-state index contributed by atoms with van der Waals surface area (Å²) < 4.78 is 21.8. The highest BCUT2D eigenvalue weighted by Gasteiger charge is 2.31. The van der Waals surface area contributed by atoms with Crippen molar-refractivity contribution >= 4 is 0 Å². The summed E-state index contributed by atoms with van der Waals surface area (Å²) >= 11 is 0. The second kappa shape index (κ2) is 5.18. The predicted molar refractivity (Wildman–Crippen MR) is 59.0 cm³/mol. The van der Waals surface area contributed by atoms with Gasteiger partial charge in [0.05, 0.1) is 13.2 Å². The molecule has 2 unspecified atom stereocenters. The molecule has 4 nitrogen and oxygen atoms in total. The fraction of sp³-hybridized carbons (Fsp3) is 0.500. The van der Waals surface area contributed by atoms with E-state index >= 15 is 0 Å². The topological polar surface area (TPSA) is 36.9 Å². The van der Waals surface area contributed by atoms with Gasteiger partial charge in [-0.3, -0.25) is 0 Å². The van der Waals surface area contributed by atoms with Gasteiger partial charge in [0.2, 0.25) is 0 Å². The third kappa shape index (κ3) is 2.28. The van der Waals surface area contributed by atoms with Crippen LogP contribution in [0.4, 0.5) is 0 Å². The molecule has 0 fully saturated rings. The summed E-state index contributed by atoms with van der Waals surface area (Å²) in [4.78, 5) is 0. The molecule has 0 amide bonds. The molecule has 0 aromatic heterocycles. The summed E-state index contributed by atoms with van der Waals surface area (Å²) in [6.07, 6.45) is -0.250. The second-order valence-electron chi connectivity index (χ2n) is 3.67. The molecule has 16 heavy (non-hydrogen) atoms. The molecule has 0 N–H and O–H groups in total. The first-order valence-corrected chi connectivity index (χ1v) is 5.25. The smallest absolute Gasteiger partial charge is 0.161 e. The summed E-state index contributed by atoms with van der Waals surface area (Å²) in [6, 6.07) is 7.62. The van der Waals surface area contributed by atoms with Crippen LogP contribution in [0.15, 0.2) is 24.3 Å². The van der Waals surface area contributed by atoms with Crippen LogP contribution in [0, 0.1) is 0 Å². The molecular formula is C12H16O4. The summed E-state index contributed by atoms with van der Waals surface area (Å²) in [5.74, 6) is 1.52. The van der Waals surface area contributed by atoms with Gasteiger partial charge in [-0.05, 0) is 12.1 Å². The Morgan fingerprint density at radius 1 is 0.938 bits per heavy atom. The number of hydrogen-bond acceptors (Lipinski definition) is 4. The number of benzene rings is 1. The average Bonchev–Trinajstić information content (AvgIpc) is 2.30. The van der Waals surface area contributed by atoms with Crippen LogP contribution in [0.5, 0.6) is 11.5 Å². The molecule has 1 heterocycles. The predicted octanol–water partition coefficient (Wildman–Crippen LogP) is 1.49. The SMILES string of the molecule is COCC1Oc2ccccc2OC1COC. The third-order valence-electron chi connectivity index (χ3n) is 2.48. The van der Waals surface area contributed by atoms with E-state index in [0.717, 1.165) is 11.5 Å². The summed E-state index contributed by atoms with van der Waals surface area (Å²) in [6.45, 7) is 0.977. The number of para-hydroxylation sites is 2. The Morgan fingerprint density at radius 3 is 1.75 bits per heavy atom. The molecule has 1 aliphatic heterocycles. The van der Waals surface area contributed by atoms with Crippen LogP contribution in [-0.2, 0) is 9.47 Å². The Labute approximate surface area is 95.1 Å². The minimum Gasteiger partial charge on any atom is -0.480 e. The van der Waals surface area contributed by atoms with E-state index in [1.807, 2.05) is 24.3 Å². The van der Waals surface area contributed by atoms with Gasteiger partial charge in [0.1, 0.15) is 0 Å². The number of rotatable bonds is 4. The van der Waals surface area contributed by atoms with Crippen LogP contribution in [0.25, 0.3) is 0 Å². The molecule has 1 aliphatic rings. The number of fused-ring (bicyclic) bond motifs is 1. The standard InChI is InChI=1S/C12H16O4/c1-13-7-11-12(8-14-2)16-10-6-4-3-5-9(10)15-11/h3-6,11-12H,7-8H2,1-2H3. The van der Waals surface area contributed by atoms with E-state index < -0.39 is 0 Å². The van der Waals surface area contributed by atoms with Gasteiger partial charge in [0.15, 0.2) is 23.7 Å². The molecule has 0 aliphatic carbocycles. The van der Waals surface area contributed by atoms with E-state index in [0.29, 0.717) is 13.2 Å². The largest absolute Gasteiger partial charge is 0.480 e. The van der Waals surface area contributed by atoms with Gasteiger partial charge in [-0.25, -0.2) is 0 Å². The number of ether oxygens (including phenoxy) is 4. The Bertz CT molecular complexity index is 307. The van der Waals surface area contributed by atoms with Crippen molar-refractivity contribution in [2.75, 3.05) is 27.4 Å². The highest BCUT2D eigenvalue weighted by molar-refractivity contribution is 5.41. The van der Waals surface area contributed by atoms with Crippen molar-refractivity contribution in [2.45, 2.75) is 12.2 Å². The van der Waals surface area contributed by atoms with Crippen molar-refractivity contribution in [3.8, 4) is 11.5 Å². The normalized spacial score (nSPS) is 23.1. The van der Waals surface area contributed by atoms with Gasteiger partial charge in [-0.15, -0.1) is 0 Å². The van der Waals surface area contributed by atoms with Crippen LogP contribution >= 0.6 is 0 Å². The molecular weight excluding hydrogens is 208 g/mol. The maximum atomic E-state index is 5.81. The third-order valence-corrected chi connectivity index (χ3v) is 2.48. The Morgan fingerprint density at radius 2 is 1.38 bits per heavy atom. The molecule has 88 valence electrons. The Balaban J connectivity index is 2.15. The highest BCUT2D eigenvalue weighted by Crippen LogP contribution is 2.33. The lowest BCUT2D eigenvalue weighted by atomic mass is 10.2. The quantitative estimate of drug-likeness (QED) is 0.776. The van der Waals surface area contributed by atoms with Gasteiger partial charge in [-0.1, -0.05) is 12.1 Å². The highest BCUT2D eigenvalue weighted by atomic mass is 16.6. The van der Waals surface area contributed by atoms with Crippen molar-refractivity contribution in [1.29, 1.82) is 0 Å². The summed E-state index contributed by atoms with van der Waals surface area (Å²) in [5.41, 5.74) is 0. The van der Waals surface area contributed by atoms with E-state index in [-0.39, 0.29) is 12.2 Å². The van der Waals surface area contributed by atoms with E-state index in [9.17, 15) is 0 Å². The monoisotopic (exact) mass is 224 g/mol. The average molecular weight is 224 g/mol. The Hall–Kier alpha value is -1.26. The molecule has 1 aromatic carbocycles. The molecule has 2 rings (SSSR count). The van der Waals surface area contributed by atoms with Crippen molar-refractivity contribution in [3.63, 3.8) is 0 Å². The first kappa shape index (κ1) is 11.2. The van der Waals surface area contributed by atoms with Crippen LogP contribution in [0.1, 0.15) is 0 Å². The number of methoxy groups -OCH3 is 2. The van der Waals surface area contributed by atoms with Gasteiger partial charge in [-0.2, -0.15) is 0 Å². The minimum absolute atomic E-state index is 0.125. The van der Waals surface area contributed by atoms with Gasteiger partial charge in [0.25, 0.3) is 0 Å². The lowest BCUT2D eigenvalue weighted by molar-refractivity contribution is -0.0514. The zero-order chi connectivity index (χ0) is 11.4. The molecule has 0 bridgehead atoms. The van der Waals surface area contributed by atoms with E-state index in [1.165, 1.54) is 0 Å². The second-order valence-corrected chi connectivity index (χ2v) is 3.67. The summed E-state index contributed by atoms with van der Waals surface area (Å²) in [7, 11) is 3.29. The fourth-order valence-corrected chi connectivity index (χ4v) is 1.73. The molecule has 0 saturated heterocycles. The molecule has 0 radical (unpaired) electrons. The first-order valence-electron chi connectivity index (χ1n) is 5.25. The van der Waals surface area contributed by atoms with E-state index in [4.69, 9.17) is 18.9 Å². The lowest BCUT2D eigenvalue weighted by Crippen LogP contribution is -2.45. The molecule has 1 aromatic rings. The van der Waals surface area contributed by atoms with E-state index in [1.54, 1.807) is 14.2 Å². The first-order chi connectivity index (χ1) is 7.85. The van der Waals surface area contributed by atoms with Crippen LogP contribution in [0.3, 0.4) is 0 Å². The van der Waals surface area contributed by atoms with Gasteiger partial charge in [0, 0.05) is 14.2 Å². The van der Waals surface area contributed by atoms with E-state index in [2.05, 4.69) is 0 Å². The Kier molecular flexibility index (Phi) is 3.64. The van der Waals surface area contributed by atoms with Gasteiger partial charge < -0.3 is 18.9 Å². The molecule has 0 spiro atoms. The zero-order valence-corrected chi connectivity index (χ0v) is 9.51. The molecule has 0 saturated carbocycles. The minimum atomic E-state index is -0.125. The maximum Gasteiger partial charge on any atom is 0.161 e. The van der Waals surface area contributed by atoms with Crippen LogP contribution in [-0.4, -0.2) is 39.6 Å². The van der Waals surface area contributed by atoms with Crippen molar-refractivity contribution in [1.82, 2.24) is 0 Å². The lowest BCUT2D eigenvalue weighted by Gasteiger charge is -2.33. The van der Waals surface area contributed by atoms with Crippen LogP contribution < -0.4 is 9.47 Å². The van der Waals surface area contributed by atoms with Crippen molar-refractivity contribution < 1.29 is 18.9 Å². The molecule has 4 heteroatoms. The maximum absolute atomic E-state index is 5.81.